The molecular weight excluding hydrogens is 472 g/mol. The first-order valence-corrected chi connectivity index (χ1v) is 13.8. The number of thiazole rings is 1. The fourth-order valence-electron chi connectivity index (χ4n) is 4.14. The lowest BCUT2D eigenvalue weighted by Crippen LogP contribution is -2.13. The van der Waals surface area contributed by atoms with E-state index in [9.17, 15) is 13.2 Å². The molecule has 0 saturated carbocycles. The normalized spacial score (nSPS) is 13.9. The number of imidazole rings is 1. The van der Waals surface area contributed by atoms with Crippen molar-refractivity contribution in [2.45, 2.75) is 39.2 Å². The molecule has 0 aliphatic carbocycles. The van der Waals surface area contributed by atoms with Crippen LogP contribution >= 0.6 is 11.3 Å². The van der Waals surface area contributed by atoms with Gasteiger partial charge in [0.1, 0.15) is 11.3 Å². The van der Waals surface area contributed by atoms with E-state index in [-0.39, 0.29) is 5.91 Å². The second-order valence-electron chi connectivity index (χ2n) is 8.42. The molecule has 0 atom stereocenters. The molecule has 9 nitrogen and oxygen atoms in total. The monoisotopic (exact) mass is 496 g/mol. The number of carbonyl (C=O) groups excluding carboxylic acids is 1. The molecule has 0 radical (unpaired) electrons. The molecule has 5 rings (SSSR count). The largest absolute Gasteiger partial charge is 0.313 e. The van der Waals surface area contributed by atoms with Crippen LogP contribution in [0.4, 0.5) is 10.8 Å². The molecule has 0 bridgehead atoms. The van der Waals surface area contributed by atoms with E-state index in [1.54, 1.807) is 30.3 Å². The Morgan fingerprint density at radius 3 is 2.65 bits per heavy atom. The first-order valence-electron chi connectivity index (χ1n) is 11.0. The Hall–Kier alpha value is -3.31. The molecule has 11 heteroatoms. The number of hydrogen-bond acceptors (Lipinski definition) is 7. The molecule has 1 aliphatic rings. The number of benzene rings is 1. The van der Waals surface area contributed by atoms with E-state index in [4.69, 9.17) is 4.98 Å². The van der Waals surface area contributed by atoms with Crippen LogP contribution in [0.2, 0.25) is 0 Å². The maximum Gasteiger partial charge on any atom is 0.259 e. The number of carbonyl (C=O) groups is 1. The number of sulfonamides is 1. The minimum Gasteiger partial charge on any atom is -0.313 e. The lowest BCUT2D eigenvalue weighted by molar-refractivity contribution is 0.102. The van der Waals surface area contributed by atoms with Crippen molar-refractivity contribution in [3.63, 3.8) is 0 Å². The van der Waals surface area contributed by atoms with Gasteiger partial charge in [0.25, 0.3) is 5.91 Å². The van der Waals surface area contributed by atoms with Crippen LogP contribution in [-0.2, 0) is 23.0 Å². The highest BCUT2D eigenvalue weighted by Crippen LogP contribution is 2.28. The van der Waals surface area contributed by atoms with Gasteiger partial charge in [-0.25, -0.2) is 23.4 Å². The van der Waals surface area contributed by atoms with Crippen LogP contribution in [0.25, 0.3) is 22.4 Å². The second-order valence-corrected chi connectivity index (χ2v) is 11.0. The molecule has 3 aromatic heterocycles. The molecule has 2 N–H and O–H groups in total. The third kappa shape index (κ3) is 4.66. The molecule has 1 amide bonds. The summed E-state index contributed by atoms with van der Waals surface area (Å²) in [6.45, 7) is 2.76. The number of amides is 1. The second kappa shape index (κ2) is 8.80. The minimum absolute atomic E-state index is 0.266. The summed E-state index contributed by atoms with van der Waals surface area (Å²) >= 11 is 1.33. The summed E-state index contributed by atoms with van der Waals surface area (Å²) < 4.78 is 27.3. The molecule has 1 aromatic carbocycles. The van der Waals surface area contributed by atoms with Crippen molar-refractivity contribution in [3.05, 3.63) is 52.8 Å². The summed E-state index contributed by atoms with van der Waals surface area (Å²) in [4.78, 5) is 27.2. The van der Waals surface area contributed by atoms with Gasteiger partial charge in [-0.15, -0.1) is 11.3 Å². The predicted molar refractivity (Wildman–Crippen MR) is 134 cm³/mol. The maximum absolute atomic E-state index is 13.2. The summed E-state index contributed by atoms with van der Waals surface area (Å²) in [5.74, 6) is 0.724. The number of aromatic nitrogens is 4. The number of rotatable bonds is 5. The first kappa shape index (κ1) is 22.5. The number of nitrogens with zero attached hydrogens (tertiary/aromatic N) is 4. The van der Waals surface area contributed by atoms with Crippen molar-refractivity contribution in [1.29, 1.82) is 0 Å². The zero-order valence-corrected chi connectivity index (χ0v) is 20.5. The summed E-state index contributed by atoms with van der Waals surface area (Å²) in [7, 11) is -3.33. The molecule has 0 fully saturated rings. The van der Waals surface area contributed by atoms with Gasteiger partial charge in [-0.3, -0.25) is 14.8 Å². The van der Waals surface area contributed by atoms with Crippen LogP contribution in [0, 0.1) is 6.92 Å². The molecule has 4 heterocycles. The summed E-state index contributed by atoms with van der Waals surface area (Å²) in [6.07, 6.45) is 5.35. The summed E-state index contributed by atoms with van der Waals surface area (Å²) in [5, 5.41) is 5.22. The number of pyridine rings is 1. The van der Waals surface area contributed by atoms with Gasteiger partial charge in [-0.05, 0) is 38.0 Å². The average molecular weight is 497 g/mol. The highest BCUT2D eigenvalue weighted by Gasteiger charge is 2.21. The van der Waals surface area contributed by atoms with Crippen molar-refractivity contribution < 1.29 is 13.2 Å². The maximum atomic E-state index is 13.2. The number of anilines is 2. The number of fused-ring (bicyclic) bond motifs is 3. The van der Waals surface area contributed by atoms with Crippen LogP contribution in [0.3, 0.4) is 0 Å². The highest BCUT2D eigenvalue weighted by atomic mass is 32.2. The van der Waals surface area contributed by atoms with Gasteiger partial charge in [0.2, 0.25) is 10.0 Å². The van der Waals surface area contributed by atoms with Gasteiger partial charge in [0.15, 0.2) is 10.8 Å². The van der Waals surface area contributed by atoms with Crippen LogP contribution in [0.1, 0.15) is 41.1 Å². The van der Waals surface area contributed by atoms with Gasteiger partial charge in [0, 0.05) is 35.3 Å². The summed E-state index contributed by atoms with van der Waals surface area (Å²) in [6, 6.07) is 8.68. The summed E-state index contributed by atoms with van der Waals surface area (Å²) in [5.41, 5.74) is 4.65. The van der Waals surface area contributed by atoms with Gasteiger partial charge in [-0.1, -0.05) is 18.6 Å². The Labute approximate surface area is 201 Å². The van der Waals surface area contributed by atoms with E-state index in [2.05, 4.69) is 24.6 Å². The van der Waals surface area contributed by atoms with Gasteiger partial charge < -0.3 is 4.57 Å². The van der Waals surface area contributed by atoms with E-state index < -0.39 is 10.0 Å². The van der Waals surface area contributed by atoms with E-state index in [1.807, 2.05) is 12.3 Å². The van der Waals surface area contributed by atoms with Crippen molar-refractivity contribution in [3.8, 4) is 11.3 Å². The predicted octanol–water partition coefficient (Wildman–Crippen LogP) is 4.21. The number of hydrogen-bond donors (Lipinski definition) is 2. The SMILES string of the molecule is Cc1cc(C(=O)Nc2nc(-c3ccc(NS(C)(=O)=O)cc3)cs2)c2nc3n(c2n1)CCCCC3. The van der Waals surface area contributed by atoms with E-state index >= 15 is 0 Å². The van der Waals surface area contributed by atoms with Crippen LogP contribution in [-0.4, -0.2) is 40.1 Å². The Morgan fingerprint density at radius 1 is 1.09 bits per heavy atom. The van der Waals surface area contributed by atoms with Gasteiger partial charge >= 0.3 is 0 Å². The molecule has 4 aromatic rings. The smallest absolute Gasteiger partial charge is 0.259 e. The van der Waals surface area contributed by atoms with Crippen molar-refractivity contribution in [2.24, 2.45) is 0 Å². The first-order chi connectivity index (χ1) is 16.3. The number of nitrogens with one attached hydrogen (secondary N) is 2. The fraction of sp³-hybridized carbons (Fsp3) is 0.304. The topological polar surface area (TPSA) is 119 Å². The van der Waals surface area contributed by atoms with Crippen molar-refractivity contribution in [1.82, 2.24) is 19.5 Å². The lowest BCUT2D eigenvalue weighted by atomic mass is 10.1. The van der Waals surface area contributed by atoms with Gasteiger partial charge in [-0.2, -0.15) is 0 Å². The molecule has 176 valence electrons. The van der Waals surface area contributed by atoms with Crippen LogP contribution in [0.15, 0.2) is 35.7 Å². The molecule has 0 saturated heterocycles. The van der Waals surface area contributed by atoms with E-state index in [0.29, 0.717) is 27.6 Å². The molecular formula is C23H24N6O3S2. The minimum atomic E-state index is -3.33. The zero-order chi connectivity index (χ0) is 23.9. The fourth-order valence-corrected chi connectivity index (χ4v) is 5.42. The van der Waals surface area contributed by atoms with Crippen LogP contribution < -0.4 is 10.0 Å². The zero-order valence-electron chi connectivity index (χ0n) is 18.8. The van der Waals surface area contributed by atoms with E-state index in [1.165, 1.54) is 17.8 Å². The van der Waals surface area contributed by atoms with Gasteiger partial charge in [0.05, 0.1) is 17.5 Å². The van der Waals surface area contributed by atoms with Crippen molar-refractivity contribution in [2.75, 3.05) is 16.3 Å². The third-order valence-electron chi connectivity index (χ3n) is 5.65. The highest BCUT2D eigenvalue weighted by molar-refractivity contribution is 7.92. The quantitative estimate of drug-likeness (QED) is 0.427. The molecule has 1 aliphatic heterocycles. The Balaban J connectivity index is 1.38. The molecule has 34 heavy (non-hydrogen) atoms. The average Bonchev–Trinajstić information content (AvgIpc) is 3.29. The lowest BCUT2D eigenvalue weighted by Gasteiger charge is -2.06. The van der Waals surface area contributed by atoms with E-state index in [0.717, 1.165) is 54.8 Å². The van der Waals surface area contributed by atoms with Crippen molar-refractivity contribution >= 4 is 49.3 Å². The Kier molecular flexibility index (Phi) is 5.82. The van der Waals surface area contributed by atoms with Crippen LogP contribution in [0.5, 0.6) is 0 Å². The Bertz CT molecular complexity index is 1490. The number of aryl methyl sites for hydroxylation is 3. The standard InChI is InChI=1S/C23H24N6O3S2/c1-14-12-17(20-21(24-14)29-11-5-3-4-6-19(29)26-20)22(30)27-23-25-18(13-33-23)15-7-9-16(10-8-15)28-34(2,31)32/h7-10,12-13,28H,3-6,11H2,1-2H3,(H,25,27,30). The third-order valence-corrected chi connectivity index (χ3v) is 7.01. The molecule has 0 unspecified atom stereocenters. The molecule has 0 spiro atoms. The Morgan fingerprint density at radius 2 is 1.88 bits per heavy atom.